The van der Waals surface area contributed by atoms with Gasteiger partial charge in [-0.3, -0.25) is 23.7 Å². The molecule has 2 unspecified atom stereocenters. The number of esters is 1. The van der Waals surface area contributed by atoms with E-state index in [1.165, 1.54) is 19.1 Å². The molecule has 17 heteroatoms. The van der Waals surface area contributed by atoms with Crippen LogP contribution >= 0.6 is 8.18 Å². The molecule has 3 rings (SSSR count). The number of hydrogen-bond acceptors (Lipinski definition) is 11. The predicted molar refractivity (Wildman–Crippen MR) is 130 cm³/mol. The summed E-state index contributed by atoms with van der Waals surface area (Å²) in [5.41, 5.74) is 5.06. The first kappa shape index (κ1) is 29.1. The van der Waals surface area contributed by atoms with Crippen molar-refractivity contribution in [2.45, 2.75) is 57.1 Å². The molecule has 0 radical (unpaired) electrons. The van der Waals surface area contributed by atoms with Gasteiger partial charge in [-0.05, 0) is 38.4 Å². The van der Waals surface area contributed by atoms with Crippen molar-refractivity contribution in [1.82, 2.24) is 14.4 Å². The lowest BCUT2D eigenvalue weighted by Gasteiger charge is -2.30. The van der Waals surface area contributed by atoms with Gasteiger partial charge < -0.3 is 29.0 Å². The maximum Gasteiger partial charge on any atom is 0.330 e. The number of hydrogen-bond donors (Lipinski definition) is 3. The quantitative estimate of drug-likeness (QED) is 0.0882. The molecule has 38 heavy (non-hydrogen) atoms. The Labute approximate surface area is 215 Å². The monoisotopic (exact) mass is 554 g/mol. The van der Waals surface area contributed by atoms with Gasteiger partial charge in [0.2, 0.25) is 5.72 Å². The zero-order valence-corrected chi connectivity index (χ0v) is 21.5. The molecule has 206 valence electrons. The number of carbonyl (C=O) groups excluding carboxylic acids is 1. The summed E-state index contributed by atoms with van der Waals surface area (Å²) in [4.78, 5) is 47.0. The van der Waals surface area contributed by atoms with Crippen LogP contribution in [0, 0.1) is 0 Å². The minimum atomic E-state index is -3.49. The van der Waals surface area contributed by atoms with E-state index in [1.807, 2.05) is 4.98 Å². The van der Waals surface area contributed by atoms with Crippen molar-refractivity contribution < 1.29 is 38.4 Å². The predicted octanol–water partition coefficient (Wildman–Crippen LogP) is 0.836. The van der Waals surface area contributed by atoms with Crippen molar-refractivity contribution in [1.29, 1.82) is 0 Å². The number of H-pyrrole nitrogens is 1. The average molecular weight is 554 g/mol. The van der Waals surface area contributed by atoms with Crippen LogP contribution in [0.5, 0.6) is 5.75 Å². The van der Waals surface area contributed by atoms with Crippen molar-refractivity contribution in [2.75, 3.05) is 6.61 Å². The number of nitrogens with zero attached hydrogens (tertiary/aromatic N) is 5. The Bertz CT molecular complexity index is 1310. The summed E-state index contributed by atoms with van der Waals surface area (Å²) in [6, 6.07) is 7.82. The Balaban J connectivity index is 1.86. The Morgan fingerprint density at radius 1 is 1.29 bits per heavy atom. The topological polar surface area (TPSA) is 218 Å². The van der Waals surface area contributed by atoms with Crippen LogP contribution in [-0.4, -0.2) is 67.3 Å². The molecule has 2 heterocycles. The average Bonchev–Trinajstić information content (AvgIpc) is 3.11. The molecule has 6 atom stereocenters. The van der Waals surface area contributed by atoms with E-state index in [9.17, 15) is 29.2 Å². The van der Waals surface area contributed by atoms with Crippen molar-refractivity contribution in [3.05, 3.63) is 73.9 Å². The molecular weight excluding hydrogens is 527 g/mol. The fourth-order valence-corrected chi connectivity index (χ4v) is 4.51. The summed E-state index contributed by atoms with van der Waals surface area (Å²) < 4.78 is 30.1. The lowest BCUT2D eigenvalue weighted by atomic mass is 10.1. The van der Waals surface area contributed by atoms with E-state index in [-0.39, 0.29) is 5.75 Å². The highest BCUT2D eigenvalue weighted by Crippen LogP contribution is 2.41. The maximum absolute atomic E-state index is 13.2. The van der Waals surface area contributed by atoms with Crippen molar-refractivity contribution in [2.24, 2.45) is 5.11 Å². The minimum absolute atomic E-state index is 0.216. The first-order valence-electron chi connectivity index (χ1n) is 11.3. The number of azide groups is 1. The number of rotatable bonds is 11. The first-order chi connectivity index (χ1) is 18.0. The van der Waals surface area contributed by atoms with Crippen LogP contribution in [0.2, 0.25) is 0 Å². The van der Waals surface area contributed by atoms with Gasteiger partial charge in [0.05, 0.1) is 12.7 Å². The second-order valence-corrected chi connectivity index (χ2v) is 9.70. The lowest BCUT2D eigenvalue weighted by molar-refractivity contribution is -0.159. The third-order valence-corrected chi connectivity index (χ3v) is 6.55. The standard InChI is InChI=1S/C21H27N6O10P/c1-12(2)35-19(31)13(3)27(37-14-7-5-4-6-8-14)38(33)34-11-21(24-25-22)17(30)16(29)18(36-21)26-10-9-15(28)23-20(26)32/h4-10,12-13,16-18,29-30,38H,11H2,1-3H3,(H,23,28,32)/t13?,16-,17+,18-,21-/m1/s1. The van der Waals surface area contributed by atoms with E-state index in [2.05, 4.69) is 10.0 Å². The van der Waals surface area contributed by atoms with Crippen molar-refractivity contribution >= 4 is 14.1 Å². The molecule has 0 saturated carbocycles. The zero-order valence-electron chi connectivity index (χ0n) is 20.5. The molecule has 2 aromatic rings. The number of benzene rings is 1. The number of ether oxygens (including phenoxy) is 2. The van der Waals surface area contributed by atoms with Crippen LogP contribution in [0.25, 0.3) is 10.4 Å². The summed E-state index contributed by atoms with van der Waals surface area (Å²) in [6.45, 7) is 3.74. The van der Waals surface area contributed by atoms with Crippen LogP contribution in [0.15, 0.2) is 57.3 Å². The summed E-state index contributed by atoms with van der Waals surface area (Å²) in [5, 5.41) is 24.6. The molecule has 1 aromatic heterocycles. The molecule has 3 N–H and O–H groups in total. The molecule has 1 aliphatic rings. The number of carbonyl (C=O) groups is 1. The van der Waals surface area contributed by atoms with Gasteiger partial charge in [0, 0.05) is 17.2 Å². The molecule has 1 fully saturated rings. The first-order valence-corrected chi connectivity index (χ1v) is 12.6. The second kappa shape index (κ2) is 12.4. The molecule has 16 nitrogen and oxygen atoms in total. The van der Waals surface area contributed by atoms with Crippen molar-refractivity contribution in [3.8, 4) is 5.75 Å². The Hall–Kier alpha value is -3.49. The van der Waals surface area contributed by atoms with E-state index < -0.39 is 68.3 Å². The highest BCUT2D eigenvalue weighted by molar-refractivity contribution is 7.36. The Morgan fingerprint density at radius 2 is 1.97 bits per heavy atom. The normalized spacial score (nSPS) is 24.6. The lowest BCUT2D eigenvalue weighted by Crippen LogP contribution is -2.45. The van der Waals surface area contributed by atoms with Gasteiger partial charge in [-0.1, -0.05) is 28.1 Å². The van der Waals surface area contributed by atoms with Crippen LogP contribution in [-0.2, 0) is 23.4 Å². The number of aromatic nitrogens is 2. The molecule has 1 aromatic carbocycles. The van der Waals surface area contributed by atoms with Gasteiger partial charge in [-0.15, -0.1) is 0 Å². The third kappa shape index (κ3) is 6.49. The van der Waals surface area contributed by atoms with E-state index >= 15 is 0 Å². The third-order valence-electron chi connectivity index (χ3n) is 5.32. The number of aromatic amines is 1. The van der Waals surface area contributed by atoms with Gasteiger partial charge in [-0.2, -0.15) is 0 Å². The molecule has 0 aliphatic carbocycles. The van der Waals surface area contributed by atoms with E-state index in [0.29, 0.717) is 0 Å². The molecule has 0 bridgehead atoms. The molecule has 0 spiro atoms. The Morgan fingerprint density at radius 3 is 2.58 bits per heavy atom. The number of aliphatic hydroxyl groups excluding tert-OH is 2. The van der Waals surface area contributed by atoms with E-state index in [4.69, 9.17) is 24.4 Å². The van der Waals surface area contributed by atoms with Gasteiger partial charge >= 0.3 is 11.7 Å². The molecule has 0 amide bonds. The number of hydroxylamine groups is 1. The number of aliphatic hydroxyl groups is 2. The van der Waals surface area contributed by atoms with E-state index in [0.717, 1.165) is 21.7 Å². The summed E-state index contributed by atoms with van der Waals surface area (Å²) >= 11 is 0. The summed E-state index contributed by atoms with van der Waals surface area (Å²) in [6.07, 6.45) is -4.86. The van der Waals surface area contributed by atoms with Gasteiger partial charge in [0.15, 0.2) is 6.23 Å². The molecule has 1 aliphatic heterocycles. The number of nitrogens with one attached hydrogen (secondary N) is 1. The van der Waals surface area contributed by atoms with Gasteiger partial charge in [0.25, 0.3) is 13.7 Å². The molecule has 1 saturated heterocycles. The minimum Gasteiger partial charge on any atom is -0.462 e. The van der Waals surface area contributed by atoms with E-state index in [1.54, 1.807) is 32.0 Å². The highest BCUT2D eigenvalue weighted by Gasteiger charge is 2.56. The van der Waals surface area contributed by atoms with Crippen LogP contribution < -0.4 is 16.1 Å². The smallest absolute Gasteiger partial charge is 0.330 e. The fraction of sp³-hybridized carbons (Fsp3) is 0.476. The summed E-state index contributed by atoms with van der Waals surface area (Å²) in [7, 11) is -3.49. The second-order valence-electron chi connectivity index (χ2n) is 8.44. The highest BCUT2D eigenvalue weighted by atomic mass is 31.1. The zero-order chi connectivity index (χ0) is 28.0. The van der Waals surface area contributed by atoms with Crippen LogP contribution in [0.1, 0.15) is 27.0 Å². The molecular formula is C21H27N6O10P. The van der Waals surface area contributed by atoms with Crippen LogP contribution in [0.4, 0.5) is 0 Å². The number of para-hydroxylation sites is 1. The maximum atomic E-state index is 13.2. The van der Waals surface area contributed by atoms with Gasteiger partial charge in [0.1, 0.15) is 24.0 Å². The van der Waals surface area contributed by atoms with Gasteiger partial charge in [-0.25, -0.2) is 4.79 Å². The summed E-state index contributed by atoms with van der Waals surface area (Å²) in [5.74, 6) is -0.554. The van der Waals surface area contributed by atoms with Crippen molar-refractivity contribution in [3.63, 3.8) is 0 Å². The largest absolute Gasteiger partial charge is 0.462 e. The Kier molecular flexibility index (Phi) is 9.46. The fourth-order valence-electron chi connectivity index (χ4n) is 3.45. The SMILES string of the molecule is CC(C)OC(=O)C(C)N(Oc1ccccc1)[PH](=O)OC[C@@]1(N=[N+]=[N-])O[C@@H](n2ccc(=O)[nH]c2=O)[C@H](O)[C@@H]1O. The van der Waals surface area contributed by atoms with Crippen LogP contribution in [0.3, 0.4) is 0 Å².